The molecule has 166 valence electrons. The summed E-state index contributed by atoms with van der Waals surface area (Å²) >= 11 is 0. The summed E-state index contributed by atoms with van der Waals surface area (Å²) in [5.41, 5.74) is -0.379. The summed E-state index contributed by atoms with van der Waals surface area (Å²) in [5, 5.41) is 19.4. The quantitative estimate of drug-likeness (QED) is 0.464. The van der Waals surface area contributed by atoms with Crippen LogP contribution in [-0.4, -0.2) is 47.9 Å². The van der Waals surface area contributed by atoms with Gasteiger partial charge in [0.25, 0.3) is 20.2 Å². The Bertz CT molecular complexity index is 1460. The Morgan fingerprint density at radius 3 is 2.03 bits per heavy atom. The van der Waals surface area contributed by atoms with E-state index in [1.807, 2.05) is 0 Å². The molecule has 0 saturated heterocycles. The number of hydrogen-bond donors (Lipinski definition) is 4. The maximum absolute atomic E-state index is 11.9. The lowest BCUT2D eigenvalue weighted by atomic mass is 9.88. The van der Waals surface area contributed by atoms with Gasteiger partial charge in [0.1, 0.15) is 15.6 Å². The number of carboxylic acid groups (broad SMARTS) is 1. The lowest BCUT2D eigenvalue weighted by Crippen LogP contribution is -2.14. The summed E-state index contributed by atoms with van der Waals surface area (Å²) < 4.78 is 65.3. The lowest BCUT2D eigenvalue weighted by molar-refractivity contribution is -0.110. The van der Waals surface area contributed by atoms with E-state index in [1.165, 1.54) is 30.3 Å². The fourth-order valence-corrected chi connectivity index (χ4v) is 4.31. The highest BCUT2D eigenvalue weighted by atomic mass is 32.2. The molecule has 32 heavy (non-hydrogen) atoms. The van der Waals surface area contributed by atoms with E-state index in [9.17, 15) is 45.7 Å². The summed E-state index contributed by atoms with van der Waals surface area (Å²) in [7, 11) is -9.82. The van der Waals surface area contributed by atoms with Crippen LogP contribution in [0.1, 0.15) is 21.5 Å². The molecule has 0 aromatic heterocycles. The molecule has 0 amide bonds. The Kier molecular flexibility index (Phi) is 5.89. The standard InChI is InChI=1S/C20H14O10S2/c21-15-7-5-11(9-17(15)31(25,26)27)19(13-3-1-2-4-14(13)20(23)24)12-6-8-16(22)18(10-12)32(28,29)30/h1-10,21H,(H,23,24)(H,25,26,27)(H,28,29,30)/b19-12+. The highest BCUT2D eigenvalue weighted by Gasteiger charge is 2.27. The van der Waals surface area contributed by atoms with Crippen molar-refractivity contribution in [3.63, 3.8) is 0 Å². The van der Waals surface area contributed by atoms with Crippen LogP contribution >= 0.6 is 0 Å². The Labute approximate surface area is 182 Å². The molecule has 12 heteroatoms. The Morgan fingerprint density at radius 2 is 1.47 bits per heavy atom. The number of carbonyl (C=O) groups is 2. The minimum Gasteiger partial charge on any atom is -0.506 e. The number of rotatable bonds is 5. The van der Waals surface area contributed by atoms with Crippen LogP contribution in [-0.2, 0) is 25.0 Å². The number of hydrogen-bond acceptors (Lipinski definition) is 7. The molecule has 0 radical (unpaired) electrons. The molecule has 0 bridgehead atoms. The first-order valence-corrected chi connectivity index (χ1v) is 11.5. The third-order valence-electron chi connectivity index (χ3n) is 4.46. The van der Waals surface area contributed by atoms with E-state index in [4.69, 9.17) is 0 Å². The maximum Gasteiger partial charge on any atom is 0.336 e. The molecular weight excluding hydrogens is 464 g/mol. The van der Waals surface area contributed by atoms with Crippen molar-refractivity contribution in [3.8, 4) is 5.75 Å². The lowest BCUT2D eigenvalue weighted by Gasteiger charge is -2.17. The number of phenolic OH excluding ortho intramolecular Hbond substituents is 1. The number of carbonyl (C=O) groups excluding carboxylic acids is 1. The molecule has 0 unspecified atom stereocenters. The van der Waals surface area contributed by atoms with E-state index in [0.717, 1.165) is 30.4 Å². The van der Waals surface area contributed by atoms with Crippen molar-refractivity contribution >= 4 is 37.6 Å². The van der Waals surface area contributed by atoms with Gasteiger partial charge in [-0.15, -0.1) is 0 Å². The van der Waals surface area contributed by atoms with Crippen molar-refractivity contribution < 1.29 is 45.7 Å². The number of carboxylic acids is 1. The van der Waals surface area contributed by atoms with E-state index in [0.29, 0.717) is 0 Å². The number of allylic oxidation sites excluding steroid dienone is 5. The molecule has 0 spiro atoms. The summed E-state index contributed by atoms with van der Waals surface area (Å²) in [6.45, 7) is 0. The summed E-state index contributed by atoms with van der Waals surface area (Å²) in [4.78, 5) is 21.8. The molecule has 0 aliphatic heterocycles. The topological polar surface area (TPSA) is 183 Å². The van der Waals surface area contributed by atoms with Gasteiger partial charge in [-0.05, 0) is 52.6 Å². The first-order valence-electron chi connectivity index (χ1n) is 8.60. The second kappa shape index (κ2) is 8.16. The van der Waals surface area contributed by atoms with E-state index in [2.05, 4.69) is 0 Å². The van der Waals surface area contributed by atoms with Gasteiger partial charge in [-0.2, -0.15) is 16.8 Å². The van der Waals surface area contributed by atoms with Crippen molar-refractivity contribution in [2.24, 2.45) is 0 Å². The van der Waals surface area contributed by atoms with E-state index in [1.54, 1.807) is 0 Å². The average molecular weight is 478 g/mol. The van der Waals surface area contributed by atoms with Gasteiger partial charge >= 0.3 is 5.97 Å². The Morgan fingerprint density at radius 1 is 0.844 bits per heavy atom. The van der Waals surface area contributed by atoms with Gasteiger partial charge in [0.2, 0.25) is 0 Å². The van der Waals surface area contributed by atoms with Gasteiger partial charge in [0.05, 0.1) is 5.56 Å². The van der Waals surface area contributed by atoms with Crippen LogP contribution in [0.3, 0.4) is 0 Å². The van der Waals surface area contributed by atoms with Crippen LogP contribution < -0.4 is 0 Å². The molecule has 1 aliphatic carbocycles. The zero-order valence-corrected chi connectivity index (χ0v) is 17.5. The van der Waals surface area contributed by atoms with E-state index >= 15 is 0 Å². The first-order chi connectivity index (χ1) is 14.8. The first kappa shape index (κ1) is 23.1. The molecule has 2 aromatic rings. The molecule has 0 fully saturated rings. The van der Waals surface area contributed by atoms with Crippen molar-refractivity contribution in [2.45, 2.75) is 4.90 Å². The molecular formula is C20H14O10S2. The third kappa shape index (κ3) is 4.53. The normalized spacial score (nSPS) is 15.9. The highest BCUT2D eigenvalue weighted by Crippen LogP contribution is 2.36. The molecule has 0 heterocycles. The van der Waals surface area contributed by atoms with Gasteiger partial charge in [0.15, 0.2) is 5.78 Å². The fraction of sp³-hybridized carbons (Fsp3) is 0. The number of phenols is 1. The van der Waals surface area contributed by atoms with Gasteiger partial charge < -0.3 is 10.2 Å². The molecule has 4 N–H and O–H groups in total. The molecule has 1 aliphatic rings. The summed E-state index contributed by atoms with van der Waals surface area (Å²) in [5.74, 6) is -3.16. The van der Waals surface area contributed by atoms with Crippen LogP contribution in [0.5, 0.6) is 5.75 Å². The third-order valence-corrected chi connectivity index (χ3v) is 6.22. The smallest absolute Gasteiger partial charge is 0.336 e. The summed E-state index contributed by atoms with van der Waals surface area (Å²) in [6.07, 6.45) is 2.81. The highest BCUT2D eigenvalue weighted by molar-refractivity contribution is 7.90. The Hall–Kier alpha value is -3.58. The van der Waals surface area contributed by atoms with Crippen molar-refractivity contribution in [1.82, 2.24) is 0 Å². The van der Waals surface area contributed by atoms with Crippen LogP contribution in [0, 0.1) is 0 Å². The monoisotopic (exact) mass is 478 g/mol. The predicted octanol–water partition coefficient (Wildman–Crippen LogP) is 2.05. The van der Waals surface area contributed by atoms with E-state index in [-0.39, 0.29) is 27.8 Å². The largest absolute Gasteiger partial charge is 0.506 e. The Balaban J connectivity index is 2.48. The minimum atomic E-state index is -4.94. The number of aromatic hydroxyl groups is 1. The van der Waals surface area contributed by atoms with Crippen LogP contribution in [0.25, 0.3) is 5.57 Å². The molecule has 2 aromatic carbocycles. The van der Waals surface area contributed by atoms with Crippen LogP contribution in [0.2, 0.25) is 0 Å². The minimum absolute atomic E-state index is 0.00640. The zero-order chi connectivity index (χ0) is 23.8. The zero-order valence-electron chi connectivity index (χ0n) is 15.8. The van der Waals surface area contributed by atoms with Crippen molar-refractivity contribution in [1.29, 1.82) is 0 Å². The van der Waals surface area contributed by atoms with Gasteiger partial charge in [-0.25, -0.2) is 4.79 Å². The molecule has 0 atom stereocenters. The van der Waals surface area contributed by atoms with Gasteiger partial charge in [-0.1, -0.05) is 30.3 Å². The van der Waals surface area contributed by atoms with Crippen LogP contribution in [0.15, 0.2) is 76.1 Å². The molecule has 10 nitrogen and oxygen atoms in total. The average Bonchev–Trinajstić information content (AvgIpc) is 2.69. The summed E-state index contributed by atoms with van der Waals surface area (Å²) in [6, 6.07) is 8.50. The number of aromatic carboxylic acids is 1. The van der Waals surface area contributed by atoms with Crippen LogP contribution in [0.4, 0.5) is 0 Å². The molecule has 0 saturated carbocycles. The van der Waals surface area contributed by atoms with E-state index < -0.39 is 47.5 Å². The maximum atomic E-state index is 11.9. The number of benzene rings is 2. The fourth-order valence-electron chi connectivity index (χ4n) is 3.11. The van der Waals surface area contributed by atoms with Gasteiger partial charge in [-0.3, -0.25) is 13.9 Å². The van der Waals surface area contributed by atoms with Gasteiger partial charge in [0, 0.05) is 0 Å². The number of ketones is 1. The predicted molar refractivity (Wildman–Crippen MR) is 111 cm³/mol. The second-order valence-electron chi connectivity index (χ2n) is 6.52. The SMILES string of the molecule is O=C1C=C/C(=C(/c2ccc(O)c(S(=O)(=O)O)c2)c2ccccc2C(=O)O)C=C1S(=O)(=O)O. The van der Waals surface area contributed by atoms with Crippen molar-refractivity contribution in [3.05, 3.63) is 87.9 Å². The van der Waals surface area contributed by atoms with Crippen molar-refractivity contribution in [2.75, 3.05) is 0 Å². The second-order valence-corrected chi connectivity index (χ2v) is 9.30. The molecule has 3 rings (SSSR count).